The molecule has 1 aromatic carbocycles. The lowest BCUT2D eigenvalue weighted by Gasteiger charge is -2.11. The fraction of sp³-hybridized carbons (Fsp3) is 0.125. The summed E-state index contributed by atoms with van der Waals surface area (Å²) < 4.78 is 37.3. The van der Waals surface area contributed by atoms with Crippen molar-refractivity contribution < 1.29 is 13.2 Å². The molecule has 0 heterocycles. The summed E-state index contributed by atoms with van der Waals surface area (Å²) in [5.74, 6) is 0. The Kier molecular flexibility index (Phi) is 3.56. The van der Waals surface area contributed by atoms with Crippen LogP contribution < -0.4 is 11.1 Å². The first-order chi connectivity index (χ1) is 6.80. The molecule has 0 amide bonds. The monoisotopic (exact) mass is 298 g/mol. The maximum Gasteiger partial charge on any atom is 0.417 e. The zero-order valence-corrected chi connectivity index (χ0v) is 9.63. The van der Waals surface area contributed by atoms with Crippen molar-refractivity contribution in [1.82, 2.24) is 0 Å². The number of rotatable bonds is 1. The number of anilines is 1. The minimum absolute atomic E-state index is 0.0245. The van der Waals surface area contributed by atoms with Gasteiger partial charge in [-0.15, -0.1) is 0 Å². The van der Waals surface area contributed by atoms with Crippen LogP contribution in [0.5, 0.6) is 0 Å². The molecule has 15 heavy (non-hydrogen) atoms. The molecule has 7 heteroatoms. The van der Waals surface area contributed by atoms with Crippen molar-refractivity contribution in [2.24, 2.45) is 5.73 Å². The van der Waals surface area contributed by atoms with Gasteiger partial charge in [0.2, 0.25) is 0 Å². The zero-order valence-electron chi connectivity index (χ0n) is 7.23. The fourth-order valence-corrected chi connectivity index (χ4v) is 1.55. The maximum absolute atomic E-state index is 12.4. The molecule has 0 saturated heterocycles. The predicted molar refractivity (Wildman–Crippen MR) is 59.6 cm³/mol. The van der Waals surface area contributed by atoms with E-state index >= 15 is 0 Å². The summed E-state index contributed by atoms with van der Waals surface area (Å²) >= 11 is 7.34. The Morgan fingerprint density at radius 3 is 2.47 bits per heavy atom. The SMILES string of the molecule is NC(=S)Nc1ccc(Br)c(C(F)(F)F)c1. The highest BCUT2D eigenvalue weighted by Gasteiger charge is 2.33. The summed E-state index contributed by atoms with van der Waals surface area (Å²) in [4.78, 5) is 0. The second-order valence-electron chi connectivity index (χ2n) is 2.68. The first-order valence-electron chi connectivity index (χ1n) is 3.74. The molecule has 0 fully saturated rings. The molecule has 0 spiro atoms. The fourth-order valence-electron chi connectivity index (χ4n) is 0.963. The second kappa shape index (κ2) is 4.36. The first-order valence-corrected chi connectivity index (χ1v) is 4.94. The van der Waals surface area contributed by atoms with E-state index in [1.165, 1.54) is 12.1 Å². The van der Waals surface area contributed by atoms with Gasteiger partial charge in [-0.25, -0.2) is 0 Å². The first kappa shape index (κ1) is 12.3. The molecule has 0 atom stereocenters. The Bertz CT molecular complexity index is 392. The van der Waals surface area contributed by atoms with Crippen LogP contribution in [-0.4, -0.2) is 5.11 Å². The average molecular weight is 299 g/mol. The van der Waals surface area contributed by atoms with Gasteiger partial charge >= 0.3 is 6.18 Å². The quantitative estimate of drug-likeness (QED) is 0.783. The summed E-state index contributed by atoms with van der Waals surface area (Å²) in [6.07, 6.45) is -4.41. The Morgan fingerprint density at radius 1 is 1.40 bits per heavy atom. The topological polar surface area (TPSA) is 38.0 Å². The van der Waals surface area contributed by atoms with Crippen LogP contribution in [0.25, 0.3) is 0 Å². The molecular weight excluding hydrogens is 293 g/mol. The lowest BCUT2D eigenvalue weighted by molar-refractivity contribution is -0.138. The number of alkyl halides is 3. The van der Waals surface area contributed by atoms with E-state index in [2.05, 4.69) is 33.5 Å². The number of nitrogens with two attached hydrogens (primary N) is 1. The standard InChI is InChI=1S/C8H6BrF3N2S/c9-6-2-1-4(14-7(13)15)3-5(6)8(10,11)12/h1-3H,(H3,13,14,15). The average Bonchev–Trinajstić information content (AvgIpc) is 2.05. The largest absolute Gasteiger partial charge is 0.417 e. The van der Waals surface area contributed by atoms with Crippen LogP contribution >= 0.6 is 28.1 Å². The third kappa shape index (κ3) is 3.35. The normalized spacial score (nSPS) is 11.2. The number of nitrogens with one attached hydrogen (secondary N) is 1. The molecule has 0 radical (unpaired) electrons. The third-order valence-corrected chi connectivity index (χ3v) is 2.33. The molecule has 3 N–H and O–H groups in total. The Labute approximate surface area is 97.8 Å². The minimum atomic E-state index is -4.41. The van der Waals surface area contributed by atoms with Crippen LogP contribution in [-0.2, 0) is 6.18 Å². The lowest BCUT2D eigenvalue weighted by atomic mass is 10.2. The van der Waals surface area contributed by atoms with Gasteiger partial charge in [0.15, 0.2) is 5.11 Å². The molecule has 0 aliphatic heterocycles. The van der Waals surface area contributed by atoms with Crippen LogP contribution in [0.1, 0.15) is 5.56 Å². The van der Waals surface area contributed by atoms with E-state index < -0.39 is 11.7 Å². The summed E-state index contributed by atoms with van der Waals surface area (Å²) in [5, 5.41) is 2.35. The summed E-state index contributed by atoms with van der Waals surface area (Å²) in [7, 11) is 0. The van der Waals surface area contributed by atoms with Gasteiger partial charge in [-0.05, 0) is 30.4 Å². The van der Waals surface area contributed by atoms with Crippen molar-refractivity contribution in [3.63, 3.8) is 0 Å². The Morgan fingerprint density at radius 2 is 2.00 bits per heavy atom. The second-order valence-corrected chi connectivity index (χ2v) is 3.98. The van der Waals surface area contributed by atoms with Crippen molar-refractivity contribution in [1.29, 1.82) is 0 Å². The van der Waals surface area contributed by atoms with Crippen molar-refractivity contribution >= 4 is 38.9 Å². The zero-order chi connectivity index (χ0) is 11.6. The summed E-state index contributed by atoms with van der Waals surface area (Å²) in [6, 6.07) is 3.66. The number of hydrogen-bond acceptors (Lipinski definition) is 1. The van der Waals surface area contributed by atoms with Gasteiger partial charge in [-0.3, -0.25) is 0 Å². The highest BCUT2D eigenvalue weighted by atomic mass is 79.9. The number of halogens is 4. The van der Waals surface area contributed by atoms with E-state index in [1.54, 1.807) is 0 Å². The highest BCUT2D eigenvalue weighted by molar-refractivity contribution is 9.10. The van der Waals surface area contributed by atoms with Gasteiger partial charge in [0, 0.05) is 10.2 Å². The van der Waals surface area contributed by atoms with Crippen LogP contribution in [0.15, 0.2) is 22.7 Å². The van der Waals surface area contributed by atoms with E-state index in [0.29, 0.717) is 0 Å². The predicted octanol–water partition coefficient (Wildman–Crippen LogP) is 3.12. The number of thiocarbonyl (C=S) groups is 1. The molecule has 1 rings (SSSR count). The van der Waals surface area contributed by atoms with Gasteiger partial charge in [-0.2, -0.15) is 13.2 Å². The van der Waals surface area contributed by atoms with Crippen molar-refractivity contribution in [3.05, 3.63) is 28.2 Å². The minimum Gasteiger partial charge on any atom is -0.376 e. The van der Waals surface area contributed by atoms with Crippen molar-refractivity contribution in [2.75, 3.05) is 5.32 Å². The third-order valence-electron chi connectivity index (χ3n) is 1.54. The molecule has 0 unspecified atom stereocenters. The van der Waals surface area contributed by atoms with E-state index in [-0.39, 0.29) is 15.3 Å². The number of benzene rings is 1. The molecule has 1 aromatic rings. The van der Waals surface area contributed by atoms with Crippen LogP contribution in [0.2, 0.25) is 0 Å². The molecule has 0 aliphatic carbocycles. The van der Waals surface area contributed by atoms with Crippen LogP contribution in [0.4, 0.5) is 18.9 Å². The molecule has 82 valence electrons. The molecule has 0 bridgehead atoms. The maximum atomic E-state index is 12.4. The smallest absolute Gasteiger partial charge is 0.376 e. The molecular formula is C8H6BrF3N2S. The van der Waals surface area contributed by atoms with Crippen molar-refractivity contribution in [2.45, 2.75) is 6.18 Å². The molecule has 0 saturated carbocycles. The van der Waals surface area contributed by atoms with Gasteiger partial charge in [0.1, 0.15) is 0 Å². The van der Waals surface area contributed by atoms with Gasteiger partial charge in [-0.1, -0.05) is 15.9 Å². The summed E-state index contributed by atoms with van der Waals surface area (Å²) in [5.41, 5.74) is 4.58. The molecule has 0 aliphatic rings. The van der Waals surface area contributed by atoms with Crippen LogP contribution in [0.3, 0.4) is 0 Å². The van der Waals surface area contributed by atoms with E-state index in [0.717, 1.165) is 6.07 Å². The van der Waals surface area contributed by atoms with Gasteiger partial charge in [0.25, 0.3) is 0 Å². The van der Waals surface area contributed by atoms with E-state index in [1.807, 2.05) is 0 Å². The molecule has 0 aromatic heterocycles. The van der Waals surface area contributed by atoms with Gasteiger partial charge < -0.3 is 11.1 Å². The van der Waals surface area contributed by atoms with Gasteiger partial charge in [0.05, 0.1) is 5.56 Å². The lowest BCUT2D eigenvalue weighted by Crippen LogP contribution is -2.19. The summed E-state index contributed by atoms with van der Waals surface area (Å²) in [6.45, 7) is 0. The van der Waals surface area contributed by atoms with Crippen LogP contribution in [0, 0.1) is 0 Å². The Hall–Kier alpha value is -0.820. The highest BCUT2D eigenvalue weighted by Crippen LogP contribution is 2.36. The molecule has 2 nitrogen and oxygen atoms in total. The number of hydrogen-bond donors (Lipinski definition) is 2. The van der Waals surface area contributed by atoms with E-state index in [9.17, 15) is 13.2 Å². The Balaban J connectivity index is 3.11. The van der Waals surface area contributed by atoms with Crippen molar-refractivity contribution in [3.8, 4) is 0 Å². The van der Waals surface area contributed by atoms with E-state index in [4.69, 9.17) is 5.73 Å².